The van der Waals surface area contributed by atoms with Crippen LogP contribution in [0.2, 0.25) is 0 Å². The third-order valence-electron chi connectivity index (χ3n) is 11.6. The van der Waals surface area contributed by atoms with Gasteiger partial charge in [-0.25, -0.2) is 0 Å². The Bertz CT molecular complexity index is 2470. The summed E-state index contributed by atoms with van der Waals surface area (Å²) in [4.78, 5) is 0. The predicted molar refractivity (Wildman–Crippen MR) is 262 cm³/mol. The largest absolute Gasteiger partial charge is 1.00 e. The monoisotopic (exact) mass is 1200 g/mol. The molecule has 0 bridgehead atoms. The minimum absolute atomic E-state index is 0. The SMILES string of the molecule is [Au+].[Au+].[C-]#Cc1cccc2c1Cc1ccccc1-2.[C-]#Cc1cccc2c1Cc1ccccc1-2.c1ccc([PH+](CCCC[PH+](c2ccccc2)c2ccccc2)c2ccccc2)cc1. The maximum Gasteiger partial charge on any atom is 1.00 e. The van der Waals surface area contributed by atoms with Crippen molar-refractivity contribution in [3.8, 4) is 34.1 Å². The smallest absolute Gasteiger partial charge is 0.366 e. The van der Waals surface area contributed by atoms with Crippen molar-refractivity contribution in [2.24, 2.45) is 0 Å². The Balaban J connectivity index is 0.000000168. The number of rotatable bonds is 9. The van der Waals surface area contributed by atoms with Gasteiger partial charge in [0.2, 0.25) is 0 Å². The molecule has 0 fully saturated rings. The Kier molecular flexibility index (Phi) is 17.8. The van der Waals surface area contributed by atoms with Gasteiger partial charge in [-0.3, -0.25) is 11.8 Å². The van der Waals surface area contributed by atoms with Gasteiger partial charge in [-0.15, -0.1) is 34.4 Å². The zero-order valence-corrected chi connectivity index (χ0v) is 40.8. The maximum absolute atomic E-state index is 7.27. The molecule has 0 radical (unpaired) electrons. The van der Waals surface area contributed by atoms with Crippen LogP contribution in [-0.2, 0) is 57.6 Å². The van der Waals surface area contributed by atoms with E-state index in [9.17, 15) is 0 Å². The summed E-state index contributed by atoms with van der Waals surface area (Å²) >= 11 is 0. The van der Waals surface area contributed by atoms with Gasteiger partial charge in [0.05, 0.1) is 49.4 Å². The van der Waals surface area contributed by atoms with E-state index >= 15 is 0 Å². The van der Waals surface area contributed by atoms with Crippen LogP contribution in [-0.4, -0.2) is 12.3 Å². The first kappa shape index (κ1) is 46.7. The fraction of sp³-hybridized carbons (Fsp3) is 0.103. The molecule has 0 heterocycles. The second kappa shape index (κ2) is 23.6. The average molecular weight is 1200 g/mol. The van der Waals surface area contributed by atoms with Crippen LogP contribution in [0.4, 0.5) is 0 Å². The summed E-state index contributed by atoms with van der Waals surface area (Å²) in [5.41, 5.74) is 12.2. The van der Waals surface area contributed by atoms with Gasteiger partial charge >= 0.3 is 44.8 Å². The molecule has 8 aromatic rings. The standard InChI is InChI=1S/C28H28P2.2C15H9.2Au/c1-5-15-25(16-6-1)29(26-17-7-2-8-18-26)23-13-14-24-30(27-19-9-3-10-20-27)28-21-11-4-12-22-28;2*1-2-11-7-5-9-14-13-8-4-3-6-12(13)10-15(11)14;;/h1-12,15-22H,13-14,23-24H2;2*3-9H,10H2;;/q;2*-1;2*+1/p+2. The Hall–Kier alpha value is -4.78. The van der Waals surface area contributed by atoms with Crippen LogP contribution in [0.5, 0.6) is 0 Å². The van der Waals surface area contributed by atoms with Crippen LogP contribution in [0.25, 0.3) is 22.3 Å². The van der Waals surface area contributed by atoms with Crippen molar-refractivity contribution in [3.63, 3.8) is 0 Å². The first-order valence-corrected chi connectivity index (χ1v) is 24.3. The molecule has 0 unspecified atom stereocenters. The van der Waals surface area contributed by atoms with Crippen molar-refractivity contribution in [2.45, 2.75) is 25.7 Å². The first-order chi connectivity index (χ1) is 29.7. The first-order valence-electron chi connectivity index (χ1n) is 20.9. The molecule has 0 amide bonds. The Morgan fingerprint density at radius 2 is 0.629 bits per heavy atom. The van der Waals surface area contributed by atoms with Gasteiger partial charge in [-0.05, 0) is 108 Å². The fourth-order valence-electron chi connectivity index (χ4n) is 8.62. The van der Waals surface area contributed by atoms with Gasteiger partial charge in [-0.1, -0.05) is 146 Å². The number of benzene rings is 8. The Labute approximate surface area is 403 Å². The quantitative estimate of drug-likeness (QED) is 0.0444. The van der Waals surface area contributed by atoms with Gasteiger partial charge in [0.25, 0.3) is 0 Å². The number of fused-ring (bicyclic) bond motifs is 6. The molecule has 0 nitrogen and oxygen atoms in total. The predicted octanol–water partition coefficient (Wildman–Crippen LogP) is 11.9. The molecule has 0 saturated carbocycles. The van der Waals surface area contributed by atoms with E-state index in [1.54, 1.807) is 0 Å². The summed E-state index contributed by atoms with van der Waals surface area (Å²) < 4.78 is 0. The van der Waals surface area contributed by atoms with Gasteiger partial charge in [0, 0.05) is 0 Å². The molecular formula is C58H48Au2P2+2. The van der Waals surface area contributed by atoms with Crippen molar-refractivity contribution in [3.05, 3.63) is 252 Å². The summed E-state index contributed by atoms with van der Waals surface area (Å²) in [7, 11) is -1.43. The molecule has 0 N–H and O–H groups in total. The van der Waals surface area contributed by atoms with Crippen LogP contribution in [0.3, 0.4) is 0 Å². The summed E-state index contributed by atoms with van der Waals surface area (Å²) in [6.45, 7) is 0. The zero-order valence-electron chi connectivity index (χ0n) is 34.5. The molecule has 2 aliphatic carbocycles. The van der Waals surface area contributed by atoms with Crippen molar-refractivity contribution < 1.29 is 44.8 Å². The summed E-state index contributed by atoms with van der Waals surface area (Å²) in [5, 5.41) is 6.13. The molecule has 10 rings (SSSR count). The maximum atomic E-state index is 7.27. The molecule has 0 aromatic heterocycles. The number of unbranched alkanes of at least 4 members (excludes halogenated alkanes) is 1. The van der Waals surface area contributed by atoms with Crippen molar-refractivity contribution in [1.82, 2.24) is 0 Å². The molecular weight excluding hydrogens is 1150 g/mol. The third kappa shape index (κ3) is 11.2. The van der Waals surface area contributed by atoms with E-state index in [0.717, 1.165) is 24.0 Å². The van der Waals surface area contributed by atoms with Crippen LogP contribution in [0.1, 0.15) is 46.2 Å². The van der Waals surface area contributed by atoms with E-state index in [4.69, 9.17) is 12.8 Å². The molecule has 8 aromatic carbocycles. The van der Waals surface area contributed by atoms with Crippen molar-refractivity contribution >= 4 is 37.1 Å². The number of hydrogen-bond acceptors (Lipinski definition) is 0. The van der Waals surface area contributed by atoms with E-state index in [1.165, 1.54) is 90.9 Å². The Morgan fingerprint density at radius 3 is 0.952 bits per heavy atom. The molecule has 0 aliphatic heterocycles. The topological polar surface area (TPSA) is 0 Å². The zero-order chi connectivity index (χ0) is 40.9. The van der Waals surface area contributed by atoms with Gasteiger partial charge in [-0.2, -0.15) is 0 Å². The molecule has 0 saturated heterocycles. The second-order valence-electron chi connectivity index (χ2n) is 15.2. The summed E-state index contributed by atoms with van der Waals surface area (Å²) in [6.07, 6.45) is 21.6. The summed E-state index contributed by atoms with van der Waals surface area (Å²) in [6, 6.07) is 73.6. The minimum Gasteiger partial charge on any atom is -0.366 e. The molecule has 310 valence electrons. The molecule has 0 spiro atoms. The van der Waals surface area contributed by atoms with Gasteiger partial charge < -0.3 is 12.8 Å². The third-order valence-corrected chi connectivity index (χ3v) is 17.4. The number of hydrogen-bond donors (Lipinski definition) is 0. The van der Waals surface area contributed by atoms with Crippen LogP contribution in [0, 0.1) is 24.7 Å². The normalized spacial score (nSPS) is 11.0. The van der Waals surface area contributed by atoms with Crippen LogP contribution < -0.4 is 21.2 Å². The van der Waals surface area contributed by atoms with Crippen molar-refractivity contribution in [2.75, 3.05) is 12.3 Å². The van der Waals surface area contributed by atoms with Crippen LogP contribution in [0.15, 0.2) is 206 Å². The van der Waals surface area contributed by atoms with E-state index < -0.39 is 15.8 Å². The van der Waals surface area contributed by atoms with Gasteiger partial charge in [0.15, 0.2) is 0 Å². The van der Waals surface area contributed by atoms with E-state index in [2.05, 4.69) is 194 Å². The van der Waals surface area contributed by atoms with E-state index in [0.29, 0.717) is 0 Å². The van der Waals surface area contributed by atoms with Crippen molar-refractivity contribution in [1.29, 1.82) is 0 Å². The molecule has 4 heteroatoms. The van der Waals surface area contributed by atoms with Crippen LogP contribution >= 0.6 is 15.8 Å². The van der Waals surface area contributed by atoms with E-state index in [1.807, 2.05) is 24.3 Å². The Morgan fingerprint density at radius 1 is 0.339 bits per heavy atom. The molecule has 62 heavy (non-hydrogen) atoms. The molecule has 0 atom stereocenters. The fourth-order valence-corrected chi connectivity index (χ4v) is 14.0. The van der Waals surface area contributed by atoms with Gasteiger partial charge in [0.1, 0.15) is 0 Å². The minimum atomic E-state index is -0.714. The summed E-state index contributed by atoms with van der Waals surface area (Å²) in [5.74, 6) is 5.02. The average Bonchev–Trinajstić information content (AvgIpc) is 3.91. The van der Waals surface area contributed by atoms with E-state index in [-0.39, 0.29) is 44.8 Å². The second-order valence-corrected chi connectivity index (χ2v) is 20.4. The molecule has 2 aliphatic rings.